The molecule has 1 N–H and O–H groups in total. The highest BCUT2D eigenvalue weighted by Crippen LogP contribution is 2.33. The summed E-state index contributed by atoms with van der Waals surface area (Å²) < 4.78 is 5.73. The smallest absolute Gasteiger partial charge is 0.322 e. The predicted molar refractivity (Wildman–Crippen MR) is 103 cm³/mol. The standard InChI is InChI=1S/C18H27ClN4O3/c1-13(2)26-17-14(19)6-5-7-15(17)20-18(25)23-10-8-22(9-11-23)12-16(24)21(3)4/h5-7,13H,8-12H2,1-4H3,(H,20,25). The van der Waals surface area contributed by atoms with Crippen molar-refractivity contribution in [1.29, 1.82) is 0 Å². The van der Waals surface area contributed by atoms with Crippen LogP contribution < -0.4 is 10.1 Å². The summed E-state index contributed by atoms with van der Waals surface area (Å²) in [6.45, 7) is 6.65. The molecule has 1 aromatic carbocycles. The summed E-state index contributed by atoms with van der Waals surface area (Å²) in [5, 5.41) is 3.35. The van der Waals surface area contributed by atoms with Crippen LogP contribution in [-0.2, 0) is 4.79 Å². The molecule has 1 aliphatic heterocycles. The second kappa shape index (κ2) is 9.09. The molecule has 0 radical (unpaired) electrons. The third-order valence-corrected chi connectivity index (χ3v) is 4.38. The van der Waals surface area contributed by atoms with E-state index in [-0.39, 0.29) is 18.0 Å². The molecule has 8 heteroatoms. The number of carbonyl (C=O) groups is 2. The number of hydrogen-bond donors (Lipinski definition) is 1. The lowest BCUT2D eigenvalue weighted by Crippen LogP contribution is -2.52. The molecule has 0 aromatic heterocycles. The van der Waals surface area contributed by atoms with Crippen molar-refractivity contribution >= 4 is 29.2 Å². The van der Waals surface area contributed by atoms with Gasteiger partial charge in [-0.3, -0.25) is 9.69 Å². The minimum absolute atomic E-state index is 0.0525. The molecule has 0 bridgehead atoms. The first-order valence-corrected chi connectivity index (χ1v) is 9.09. The molecule has 0 unspecified atom stereocenters. The number of amides is 3. The molecule has 0 aliphatic carbocycles. The van der Waals surface area contributed by atoms with Gasteiger partial charge in [-0.25, -0.2) is 4.79 Å². The van der Waals surface area contributed by atoms with E-state index >= 15 is 0 Å². The summed E-state index contributed by atoms with van der Waals surface area (Å²) in [5.41, 5.74) is 0.557. The Morgan fingerprint density at radius 1 is 1.23 bits per heavy atom. The molecule has 0 atom stereocenters. The van der Waals surface area contributed by atoms with Crippen molar-refractivity contribution in [3.05, 3.63) is 23.2 Å². The quantitative estimate of drug-likeness (QED) is 0.849. The number of anilines is 1. The van der Waals surface area contributed by atoms with Gasteiger partial charge >= 0.3 is 6.03 Å². The Kier molecular flexibility index (Phi) is 7.11. The van der Waals surface area contributed by atoms with Crippen molar-refractivity contribution in [1.82, 2.24) is 14.7 Å². The number of hydrogen-bond acceptors (Lipinski definition) is 4. The maximum Gasteiger partial charge on any atom is 0.322 e. The van der Waals surface area contributed by atoms with Crippen molar-refractivity contribution in [3.63, 3.8) is 0 Å². The van der Waals surface area contributed by atoms with Crippen LogP contribution in [-0.4, -0.2) is 79.6 Å². The second-order valence-corrected chi connectivity index (χ2v) is 7.17. The average Bonchev–Trinajstić information content (AvgIpc) is 2.58. The van der Waals surface area contributed by atoms with E-state index in [0.29, 0.717) is 49.2 Å². The zero-order valence-electron chi connectivity index (χ0n) is 15.8. The van der Waals surface area contributed by atoms with Crippen molar-refractivity contribution in [2.75, 3.05) is 52.1 Å². The van der Waals surface area contributed by atoms with Gasteiger partial charge in [0.25, 0.3) is 0 Å². The molecule has 7 nitrogen and oxygen atoms in total. The summed E-state index contributed by atoms with van der Waals surface area (Å²) >= 11 is 6.20. The van der Waals surface area contributed by atoms with Gasteiger partial charge in [-0.05, 0) is 26.0 Å². The number of rotatable bonds is 5. The number of nitrogens with one attached hydrogen (secondary N) is 1. The van der Waals surface area contributed by atoms with Gasteiger partial charge in [-0.15, -0.1) is 0 Å². The zero-order chi connectivity index (χ0) is 19.3. The van der Waals surface area contributed by atoms with Crippen molar-refractivity contribution in [2.45, 2.75) is 20.0 Å². The zero-order valence-corrected chi connectivity index (χ0v) is 16.5. The van der Waals surface area contributed by atoms with Gasteiger partial charge in [-0.2, -0.15) is 0 Å². The van der Waals surface area contributed by atoms with Gasteiger partial charge in [0.2, 0.25) is 5.91 Å². The molecular formula is C18H27ClN4O3. The van der Waals surface area contributed by atoms with Gasteiger partial charge in [0.1, 0.15) is 0 Å². The lowest BCUT2D eigenvalue weighted by Gasteiger charge is -2.34. The number of urea groups is 1. The van der Waals surface area contributed by atoms with E-state index in [0.717, 1.165) is 0 Å². The Hall–Kier alpha value is -1.99. The minimum atomic E-state index is -0.195. The van der Waals surface area contributed by atoms with Gasteiger partial charge in [0, 0.05) is 40.3 Å². The fourth-order valence-corrected chi connectivity index (χ4v) is 2.82. The summed E-state index contributed by atoms with van der Waals surface area (Å²) in [7, 11) is 3.49. The molecule has 144 valence electrons. The van der Waals surface area contributed by atoms with Gasteiger partial charge < -0.3 is 19.9 Å². The highest BCUT2D eigenvalue weighted by molar-refractivity contribution is 6.32. The topological polar surface area (TPSA) is 65.1 Å². The summed E-state index contributed by atoms with van der Waals surface area (Å²) in [5.74, 6) is 0.546. The van der Waals surface area contributed by atoms with E-state index < -0.39 is 0 Å². The van der Waals surface area contributed by atoms with E-state index in [1.54, 1.807) is 42.1 Å². The van der Waals surface area contributed by atoms with E-state index in [2.05, 4.69) is 10.2 Å². The SMILES string of the molecule is CC(C)Oc1c(Cl)cccc1NC(=O)N1CCN(CC(=O)N(C)C)CC1. The number of likely N-dealkylation sites (N-methyl/N-ethyl adjacent to an activating group) is 1. The lowest BCUT2D eigenvalue weighted by molar-refractivity contribution is -0.130. The number of halogens is 1. The first-order valence-electron chi connectivity index (χ1n) is 8.71. The lowest BCUT2D eigenvalue weighted by atomic mass is 10.2. The van der Waals surface area contributed by atoms with E-state index in [9.17, 15) is 9.59 Å². The van der Waals surface area contributed by atoms with Crippen LogP contribution in [0.2, 0.25) is 5.02 Å². The van der Waals surface area contributed by atoms with Crippen LogP contribution >= 0.6 is 11.6 Å². The van der Waals surface area contributed by atoms with Crippen molar-refractivity contribution < 1.29 is 14.3 Å². The van der Waals surface area contributed by atoms with Gasteiger partial charge in [0.15, 0.2) is 5.75 Å². The normalized spacial score (nSPS) is 15.1. The summed E-state index contributed by atoms with van der Waals surface area (Å²) in [6, 6.07) is 5.08. The van der Waals surface area contributed by atoms with Crippen molar-refractivity contribution in [3.8, 4) is 5.75 Å². The third-order valence-electron chi connectivity index (χ3n) is 4.08. The molecule has 1 aliphatic rings. The molecule has 1 aromatic rings. The number of carbonyl (C=O) groups excluding carboxylic acids is 2. The largest absolute Gasteiger partial charge is 0.487 e. The third kappa shape index (κ3) is 5.51. The maximum absolute atomic E-state index is 12.6. The second-order valence-electron chi connectivity index (χ2n) is 6.76. The molecule has 2 rings (SSSR count). The number of para-hydroxylation sites is 1. The molecular weight excluding hydrogens is 356 g/mol. The monoisotopic (exact) mass is 382 g/mol. The molecule has 1 saturated heterocycles. The molecule has 0 spiro atoms. The Morgan fingerprint density at radius 3 is 2.46 bits per heavy atom. The van der Waals surface area contributed by atoms with Crippen LogP contribution in [0.25, 0.3) is 0 Å². The summed E-state index contributed by atoms with van der Waals surface area (Å²) in [6.07, 6.45) is -0.0525. The van der Waals surface area contributed by atoms with E-state index in [1.807, 2.05) is 13.8 Å². The highest BCUT2D eigenvalue weighted by atomic mass is 35.5. The van der Waals surface area contributed by atoms with Crippen LogP contribution in [0.3, 0.4) is 0 Å². The van der Waals surface area contributed by atoms with Crippen LogP contribution in [0.1, 0.15) is 13.8 Å². The molecule has 1 fully saturated rings. The van der Waals surface area contributed by atoms with Gasteiger partial charge in [0.05, 0.1) is 23.4 Å². The first kappa shape index (κ1) is 20.3. The fourth-order valence-electron chi connectivity index (χ4n) is 2.60. The molecule has 1 heterocycles. The van der Waals surface area contributed by atoms with Gasteiger partial charge in [-0.1, -0.05) is 17.7 Å². The van der Waals surface area contributed by atoms with Crippen LogP contribution in [0.15, 0.2) is 18.2 Å². The molecule has 0 saturated carbocycles. The van der Waals surface area contributed by atoms with E-state index in [1.165, 1.54) is 0 Å². The minimum Gasteiger partial charge on any atom is -0.487 e. The Bertz CT molecular complexity index is 643. The van der Waals surface area contributed by atoms with E-state index in [4.69, 9.17) is 16.3 Å². The fraction of sp³-hybridized carbons (Fsp3) is 0.556. The van der Waals surface area contributed by atoms with Crippen LogP contribution in [0.4, 0.5) is 10.5 Å². The molecule has 26 heavy (non-hydrogen) atoms. The number of benzene rings is 1. The molecule has 3 amide bonds. The Morgan fingerprint density at radius 2 is 1.88 bits per heavy atom. The first-order chi connectivity index (χ1) is 12.3. The van der Waals surface area contributed by atoms with Crippen LogP contribution in [0, 0.1) is 0 Å². The summed E-state index contributed by atoms with van der Waals surface area (Å²) in [4.78, 5) is 29.7. The van der Waals surface area contributed by atoms with Crippen molar-refractivity contribution in [2.24, 2.45) is 0 Å². The average molecular weight is 383 g/mol. The maximum atomic E-state index is 12.6. The number of ether oxygens (including phenoxy) is 1. The number of piperazine rings is 1. The predicted octanol–water partition coefficient (Wildman–Crippen LogP) is 2.36. The Labute approximate surface area is 159 Å². The Balaban J connectivity index is 1.94. The highest BCUT2D eigenvalue weighted by Gasteiger charge is 2.24. The van der Waals surface area contributed by atoms with Crippen LogP contribution in [0.5, 0.6) is 5.75 Å². The number of nitrogens with zero attached hydrogens (tertiary/aromatic N) is 3.